The van der Waals surface area contributed by atoms with Crippen LogP contribution in [-0.4, -0.2) is 40.7 Å². The smallest absolute Gasteiger partial charge is 0.224 e. The zero-order chi connectivity index (χ0) is 13.8. The van der Waals surface area contributed by atoms with Crippen LogP contribution in [0, 0.1) is 0 Å². The molecule has 1 aliphatic carbocycles. The number of nitrogens with one attached hydrogen (secondary N) is 1. The van der Waals surface area contributed by atoms with Gasteiger partial charge in [0.1, 0.15) is 0 Å². The van der Waals surface area contributed by atoms with Crippen LogP contribution in [0.25, 0.3) is 0 Å². The first-order valence-electron chi connectivity index (χ1n) is 6.27. The fraction of sp³-hybridized carbons (Fsp3) is 0.583. The molecule has 1 aromatic heterocycles. The number of hydrogen-bond donors (Lipinski definition) is 2. The molecule has 0 atom stereocenters. The predicted octanol–water partition coefficient (Wildman–Crippen LogP) is 1.44. The number of carbonyl (C=O) groups excluding carboxylic acids is 1. The Bertz CT molecular complexity index is 449. The molecule has 0 aromatic carbocycles. The third kappa shape index (κ3) is 3.13. The lowest BCUT2D eigenvalue weighted by molar-refractivity contribution is -0.108. The zero-order valence-electron chi connectivity index (χ0n) is 10.7. The Morgan fingerprint density at radius 2 is 2.16 bits per heavy atom. The first kappa shape index (κ1) is 14.0. The van der Waals surface area contributed by atoms with Gasteiger partial charge in [-0.15, -0.1) is 0 Å². The molecule has 19 heavy (non-hydrogen) atoms. The first-order valence-corrected chi connectivity index (χ1v) is 6.65. The molecule has 1 aliphatic rings. The van der Waals surface area contributed by atoms with Gasteiger partial charge in [0, 0.05) is 13.1 Å². The summed E-state index contributed by atoms with van der Waals surface area (Å²) in [6.45, 7) is 0. The Morgan fingerprint density at radius 3 is 2.74 bits per heavy atom. The Labute approximate surface area is 116 Å². The SMILES string of the molecule is CNc1cnc(Cl)nc1N(C=O)C1CCC(O)CC1. The number of anilines is 2. The van der Waals surface area contributed by atoms with E-state index < -0.39 is 0 Å². The Kier molecular flexibility index (Phi) is 4.55. The summed E-state index contributed by atoms with van der Waals surface area (Å²) in [5.74, 6) is 0.485. The first-order chi connectivity index (χ1) is 9.15. The Morgan fingerprint density at radius 1 is 1.47 bits per heavy atom. The van der Waals surface area contributed by atoms with Gasteiger partial charge in [-0.1, -0.05) is 0 Å². The molecule has 1 fully saturated rings. The van der Waals surface area contributed by atoms with Crippen molar-refractivity contribution in [3.8, 4) is 0 Å². The molecule has 104 valence electrons. The van der Waals surface area contributed by atoms with Crippen molar-refractivity contribution >= 4 is 29.5 Å². The molecule has 7 heteroatoms. The summed E-state index contributed by atoms with van der Waals surface area (Å²) in [7, 11) is 1.74. The van der Waals surface area contributed by atoms with Gasteiger partial charge in [0.2, 0.25) is 11.7 Å². The fourth-order valence-corrected chi connectivity index (χ4v) is 2.50. The van der Waals surface area contributed by atoms with Crippen molar-refractivity contribution in [1.29, 1.82) is 0 Å². The fourth-order valence-electron chi connectivity index (χ4n) is 2.37. The van der Waals surface area contributed by atoms with Crippen molar-refractivity contribution in [2.24, 2.45) is 0 Å². The van der Waals surface area contributed by atoms with E-state index in [0.717, 1.165) is 19.3 Å². The van der Waals surface area contributed by atoms with Crippen molar-refractivity contribution in [2.75, 3.05) is 17.3 Å². The highest BCUT2D eigenvalue weighted by Gasteiger charge is 2.27. The summed E-state index contributed by atoms with van der Waals surface area (Å²) in [5, 5.41) is 12.6. The van der Waals surface area contributed by atoms with Crippen molar-refractivity contribution < 1.29 is 9.90 Å². The van der Waals surface area contributed by atoms with Gasteiger partial charge in [-0.3, -0.25) is 9.69 Å². The summed E-state index contributed by atoms with van der Waals surface area (Å²) >= 11 is 5.80. The van der Waals surface area contributed by atoms with Crippen LogP contribution in [0.2, 0.25) is 5.28 Å². The number of nitrogens with zero attached hydrogens (tertiary/aromatic N) is 3. The molecule has 0 spiro atoms. The number of aliphatic hydroxyl groups excluding tert-OH is 1. The third-order valence-electron chi connectivity index (χ3n) is 3.43. The van der Waals surface area contributed by atoms with E-state index in [1.165, 1.54) is 0 Å². The number of hydrogen-bond acceptors (Lipinski definition) is 5. The van der Waals surface area contributed by atoms with Crippen LogP contribution in [0.15, 0.2) is 6.20 Å². The number of halogens is 1. The minimum Gasteiger partial charge on any atom is -0.393 e. The van der Waals surface area contributed by atoms with E-state index in [1.54, 1.807) is 18.1 Å². The second kappa shape index (κ2) is 6.16. The molecule has 2 N–H and O–H groups in total. The molecule has 0 saturated heterocycles. The topological polar surface area (TPSA) is 78.4 Å². The molecule has 0 aliphatic heterocycles. The maximum atomic E-state index is 11.4. The van der Waals surface area contributed by atoms with Gasteiger partial charge in [-0.2, -0.15) is 4.98 Å². The Balaban J connectivity index is 2.26. The number of amides is 1. The van der Waals surface area contributed by atoms with E-state index in [-0.39, 0.29) is 17.4 Å². The summed E-state index contributed by atoms with van der Waals surface area (Å²) in [6, 6.07) is 0.0407. The maximum absolute atomic E-state index is 11.4. The lowest BCUT2D eigenvalue weighted by Crippen LogP contribution is -2.39. The third-order valence-corrected chi connectivity index (χ3v) is 3.61. The summed E-state index contributed by atoms with van der Waals surface area (Å²) in [5.41, 5.74) is 0.655. The van der Waals surface area contributed by atoms with E-state index in [0.29, 0.717) is 24.3 Å². The van der Waals surface area contributed by atoms with Crippen molar-refractivity contribution in [1.82, 2.24) is 9.97 Å². The van der Waals surface area contributed by atoms with Crippen LogP contribution in [0.1, 0.15) is 25.7 Å². The average molecular weight is 285 g/mol. The van der Waals surface area contributed by atoms with E-state index in [2.05, 4.69) is 15.3 Å². The highest BCUT2D eigenvalue weighted by atomic mass is 35.5. The van der Waals surface area contributed by atoms with Gasteiger partial charge in [-0.05, 0) is 37.3 Å². The lowest BCUT2D eigenvalue weighted by atomic mass is 9.92. The molecular formula is C12H17ClN4O2. The van der Waals surface area contributed by atoms with Crippen LogP contribution in [-0.2, 0) is 4.79 Å². The zero-order valence-corrected chi connectivity index (χ0v) is 11.5. The van der Waals surface area contributed by atoms with Crippen LogP contribution in [0.3, 0.4) is 0 Å². The van der Waals surface area contributed by atoms with E-state index in [1.807, 2.05) is 0 Å². The lowest BCUT2D eigenvalue weighted by Gasteiger charge is -2.33. The number of aliphatic hydroxyl groups is 1. The Hall–Kier alpha value is -1.40. The summed E-state index contributed by atoms with van der Waals surface area (Å²) in [4.78, 5) is 21.0. The van der Waals surface area contributed by atoms with Crippen molar-refractivity contribution in [3.05, 3.63) is 11.5 Å². The van der Waals surface area contributed by atoms with Crippen LogP contribution >= 0.6 is 11.6 Å². The highest BCUT2D eigenvalue weighted by Crippen LogP contribution is 2.30. The van der Waals surface area contributed by atoms with E-state index in [4.69, 9.17) is 11.6 Å². The highest BCUT2D eigenvalue weighted by molar-refractivity contribution is 6.28. The second-order valence-corrected chi connectivity index (χ2v) is 4.94. The van der Waals surface area contributed by atoms with Crippen LogP contribution < -0.4 is 10.2 Å². The minimum atomic E-state index is -0.262. The van der Waals surface area contributed by atoms with Crippen LogP contribution in [0.5, 0.6) is 0 Å². The molecule has 6 nitrogen and oxygen atoms in total. The number of aromatic nitrogens is 2. The van der Waals surface area contributed by atoms with Gasteiger partial charge >= 0.3 is 0 Å². The quantitative estimate of drug-likeness (QED) is 0.646. The van der Waals surface area contributed by atoms with Gasteiger partial charge in [-0.25, -0.2) is 4.98 Å². The minimum absolute atomic E-state index is 0.0407. The molecular weight excluding hydrogens is 268 g/mol. The molecule has 0 unspecified atom stereocenters. The summed E-state index contributed by atoms with van der Waals surface area (Å²) in [6.07, 6.45) is 4.96. The maximum Gasteiger partial charge on any atom is 0.224 e. The molecule has 2 rings (SSSR count). The van der Waals surface area contributed by atoms with E-state index in [9.17, 15) is 9.90 Å². The van der Waals surface area contributed by atoms with Gasteiger partial charge in [0.15, 0.2) is 5.82 Å². The van der Waals surface area contributed by atoms with E-state index >= 15 is 0 Å². The van der Waals surface area contributed by atoms with Crippen LogP contribution in [0.4, 0.5) is 11.5 Å². The largest absolute Gasteiger partial charge is 0.393 e. The summed E-state index contributed by atoms with van der Waals surface area (Å²) < 4.78 is 0. The average Bonchev–Trinajstić information content (AvgIpc) is 2.42. The standard InChI is InChI=1S/C12H17ClN4O2/c1-14-10-6-15-12(13)16-11(10)17(7-18)8-2-4-9(19)5-3-8/h6-9,14,19H,2-5H2,1H3. The monoisotopic (exact) mass is 284 g/mol. The second-order valence-electron chi connectivity index (χ2n) is 4.60. The number of carbonyl (C=O) groups is 1. The van der Waals surface area contributed by atoms with Crippen molar-refractivity contribution in [2.45, 2.75) is 37.8 Å². The predicted molar refractivity (Wildman–Crippen MR) is 73.4 cm³/mol. The molecule has 0 bridgehead atoms. The molecule has 1 heterocycles. The molecule has 1 saturated carbocycles. The molecule has 0 radical (unpaired) electrons. The molecule has 1 aromatic rings. The van der Waals surface area contributed by atoms with Gasteiger partial charge in [0.05, 0.1) is 18.0 Å². The van der Waals surface area contributed by atoms with Gasteiger partial charge < -0.3 is 10.4 Å². The number of rotatable bonds is 4. The molecule has 1 amide bonds. The normalized spacial score (nSPS) is 22.9. The van der Waals surface area contributed by atoms with Crippen molar-refractivity contribution in [3.63, 3.8) is 0 Å². The van der Waals surface area contributed by atoms with Gasteiger partial charge in [0.25, 0.3) is 0 Å².